The van der Waals surface area contributed by atoms with Crippen LogP contribution in [-0.2, 0) is 14.0 Å². The maximum absolute atomic E-state index is 6.13. The Labute approximate surface area is 122 Å². The minimum absolute atomic E-state index is 0.330. The first-order valence-corrected chi connectivity index (χ1v) is 6.92. The topological polar surface area (TPSA) is 27.7 Å². The summed E-state index contributed by atoms with van der Waals surface area (Å²) in [7, 11) is 1.29. The van der Waals surface area contributed by atoms with Crippen LogP contribution < -0.4 is 5.46 Å². The smallest absolute Gasteiger partial charge is 0.495 e. The summed E-state index contributed by atoms with van der Waals surface area (Å²) in [4.78, 5) is 0. The highest BCUT2D eigenvalue weighted by Crippen LogP contribution is 2.36. The third-order valence-electron chi connectivity index (χ3n) is 4.13. The molecule has 4 heteroatoms. The monoisotopic (exact) mass is 274 g/mol. The molecule has 1 aromatic rings. The van der Waals surface area contributed by atoms with E-state index in [4.69, 9.17) is 14.0 Å². The molecule has 1 fully saturated rings. The van der Waals surface area contributed by atoms with Gasteiger partial charge in [0.1, 0.15) is 0 Å². The fourth-order valence-electron chi connectivity index (χ4n) is 2.16. The van der Waals surface area contributed by atoms with E-state index >= 15 is 0 Å². The van der Waals surface area contributed by atoms with E-state index in [2.05, 4.69) is 52.8 Å². The molecule has 3 nitrogen and oxygen atoms in total. The Morgan fingerprint density at radius 2 is 1.70 bits per heavy atom. The van der Waals surface area contributed by atoms with Crippen molar-refractivity contribution in [2.24, 2.45) is 0 Å². The van der Waals surface area contributed by atoms with Crippen LogP contribution in [-0.4, -0.2) is 25.4 Å². The molecule has 1 aliphatic rings. The van der Waals surface area contributed by atoms with Gasteiger partial charge in [-0.2, -0.15) is 0 Å². The van der Waals surface area contributed by atoms with Crippen LogP contribution in [0, 0.1) is 6.92 Å². The Morgan fingerprint density at radius 3 is 2.25 bits per heavy atom. The summed E-state index contributed by atoms with van der Waals surface area (Å²) < 4.78 is 17.3. The van der Waals surface area contributed by atoms with Crippen molar-refractivity contribution in [3.05, 3.63) is 35.6 Å². The Bertz CT molecular complexity index is 504. The van der Waals surface area contributed by atoms with E-state index in [-0.39, 0.29) is 18.3 Å². The molecule has 0 aliphatic carbocycles. The Hall–Kier alpha value is -1.26. The molecule has 0 aromatic heterocycles. The van der Waals surface area contributed by atoms with E-state index in [0.29, 0.717) is 0 Å². The SMILES string of the molecule is COC=Cc1ccc(C)cc1B1OC(C)(C)C(C)(C)O1. The fourth-order valence-corrected chi connectivity index (χ4v) is 2.16. The van der Waals surface area contributed by atoms with Gasteiger partial charge in [0.15, 0.2) is 0 Å². The average molecular weight is 274 g/mol. The van der Waals surface area contributed by atoms with Crippen molar-refractivity contribution < 1.29 is 14.0 Å². The van der Waals surface area contributed by atoms with Crippen LogP contribution >= 0.6 is 0 Å². The predicted octanol–water partition coefficient (Wildman–Crippen LogP) is 2.91. The van der Waals surface area contributed by atoms with Crippen LogP contribution in [0.15, 0.2) is 24.5 Å². The molecule has 0 atom stereocenters. The lowest BCUT2D eigenvalue weighted by Crippen LogP contribution is -2.41. The van der Waals surface area contributed by atoms with E-state index in [1.165, 1.54) is 5.56 Å². The molecule has 0 radical (unpaired) electrons. The lowest BCUT2D eigenvalue weighted by Gasteiger charge is -2.32. The van der Waals surface area contributed by atoms with Gasteiger partial charge in [-0.3, -0.25) is 0 Å². The molecule has 20 heavy (non-hydrogen) atoms. The summed E-state index contributed by atoms with van der Waals surface area (Å²) in [6.45, 7) is 10.3. The minimum Gasteiger partial charge on any atom is -0.504 e. The van der Waals surface area contributed by atoms with Crippen LogP contribution in [0.5, 0.6) is 0 Å². The number of hydrogen-bond acceptors (Lipinski definition) is 3. The molecule has 0 N–H and O–H groups in total. The highest BCUT2D eigenvalue weighted by Gasteiger charge is 2.52. The average Bonchev–Trinajstić information content (AvgIpc) is 2.57. The molecule has 0 bridgehead atoms. The zero-order chi connectivity index (χ0) is 15.0. The summed E-state index contributed by atoms with van der Waals surface area (Å²) in [6.07, 6.45) is 3.60. The molecular formula is C16H23BO3. The molecular weight excluding hydrogens is 251 g/mol. The first-order valence-electron chi connectivity index (χ1n) is 6.92. The minimum atomic E-state index is -0.351. The van der Waals surface area contributed by atoms with E-state index < -0.39 is 0 Å². The molecule has 1 aromatic carbocycles. The fraction of sp³-hybridized carbons (Fsp3) is 0.500. The number of ether oxygens (including phenoxy) is 1. The van der Waals surface area contributed by atoms with Crippen molar-refractivity contribution in [1.29, 1.82) is 0 Å². The lowest BCUT2D eigenvalue weighted by atomic mass is 9.75. The standard InChI is InChI=1S/C16H23BO3/c1-12-7-8-13(9-10-18-6)14(11-12)17-19-15(2,3)16(4,5)20-17/h7-11H,1-6H3. The van der Waals surface area contributed by atoms with E-state index in [1.807, 2.05) is 6.08 Å². The van der Waals surface area contributed by atoms with Gasteiger partial charge in [0, 0.05) is 0 Å². The third-order valence-corrected chi connectivity index (χ3v) is 4.13. The molecule has 0 unspecified atom stereocenters. The van der Waals surface area contributed by atoms with Gasteiger partial charge < -0.3 is 14.0 Å². The number of rotatable bonds is 3. The van der Waals surface area contributed by atoms with Crippen molar-refractivity contribution >= 4 is 18.7 Å². The Morgan fingerprint density at radius 1 is 1.10 bits per heavy atom. The van der Waals surface area contributed by atoms with Crippen molar-refractivity contribution in [2.75, 3.05) is 7.11 Å². The van der Waals surface area contributed by atoms with Crippen LogP contribution in [0.25, 0.3) is 6.08 Å². The summed E-state index contributed by atoms with van der Waals surface area (Å²) >= 11 is 0. The van der Waals surface area contributed by atoms with Crippen LogP contribution in [0.2, 0.25) is 0 Å². The van der Waals surface area contributed by atoms with Gasteiger partial charge in [0.2, 0.25) is 0 Å². The van der Waals surface area contributed by atoms with Crippen molar-refractivity contribution in [3.8, 4) is 0 Å². The van der Waals surface area contributed by atoms with Gasteiger partial charge in [-0.05, 0) is 51.7 Å². The van der Waals surface area contributed by atoms with Gasteiger partial charge in [0.05, 0.1) is 24.6 Å². The van der Waals surface area contributed by atoms with Gasteiger partial charge in [-0.15, -0.1) is 0 Å². The van der Waals surface area contributed by atoms with E-state index in [0.717, 1.165) is 11.0 Å². The number of benzene rings is 1. The zero-order valence-corrected chi connectivity index (χ0v) is 13.2. The second-order valence-electron chi connectivity index (χ2n) is 6.26. The first-order chi connectivity index (χ1) is 9.27. The quantitative estimate of drug-likeness (QED) is 0.626. The van der Waals surface area contributed by atoms with E-state index in [9.17, 15) is 0 Å². The maximum atomic E-state index is 6.13. The summed E-state index contributed by atoms with van der Waals surface area (Å²) in [5.74, 6) is 0. The van der Waals surface area contributed by atoms with Gasteiger partial charge in [0.25, 0.3) is 0 Å². The number of methoxy groups -OCH3 is 1. The number of aryl methyl sites for hydroxylation is 1. The second-order valence-corrected chi connectivity index (χ2v) is 6.26. The first kappa shape index (κ1) is 15.1. The normalized spacial score (nSPS) is 20.6. The van der Waals surface area contributed by atoms with Crippen LogP contribution in [0.3, 0.4) is 0 Å². The largest absolute Gasteiger partial charge is 0.504 e. The number of hydrogen-bond donors (Lipinski definition) is 0. The van der Waals surface area contributed by atoms with Gasteiger partial charge >= 0.3 is 7.12 Å². The van der Waals surface area contributed by atoms with Gasteiger partial charge in [-0.25, -0.2) is 0 Å². The predicted molar refractivity (Wildman–Crippen MR) is 82.9 cm³/mol. The second kappa shape index (κ2) is 5.26. The third kappa shape index (κ3) is 2.77. The van der Waals surface area contributed by atoms with Crippen molar-refractivity contribution in [3.63, 3.8) is 0 Å². The maximum Gasteiger partial charge on any atom is 0.495 e. The highest BCUT2D eigenvalue weighted by atomic mass is 16.7. The summed E-state index contributed by atoms with van der Waals surface area (Å²) in [5, 5.41) is 0. The molecule has 0 spiro atoms. The molecule has 1 heterocycles. The van der Waals surface area contributed by atoms with Crippen molar-refractivity contribution in [1.82, 2.24) is 0 Å². The zero-order valence-electron chi connectivity index (χ0n) is 13.2. The Kier molecular flexibility index (Phi) is 3.98. The molecule has 1 aliphatic heterocycles. The van der Waals surface area contributed by atoms with Gasteiger partial charge in [-0.1, -0.05) is 23.8 Å². The summed E-state index contributed by atoms with van der Waals surface area (Å²) in [6, 6.07) is 6.24. The lowest BCUT2D eigenvalue weighted by molar-refractivity contribution is 0.00578. The molecule has 1 saturated heterocycles. The molecule has 0 saturated carbocycles. The molecule has 2 rings (SSSR count). The van der Waals surface area contributed by atoms with Crippen molar-refractivity contribution in [2.45, 2.75) is 45.8 Å². The van der Waals surface area contributed by atoms with E-state index in [1.54, 1.807) is 13.4 Å². The Balaban J connectivity index is 2.38. The summed E-state index contributed by atoms with van der Waals surface area (Å²) in [5.41, 5.74) is 2.62. The molecule has 108 valence electrons. The molecule has 0 amide bonds. The van der Waals surface area contributed by atoms with Crippen LogP contribution in [0.4, 0.5) is 0 Å². The highest BCUT2D eigenvalue weighted by molar-refractivity contribution is 6.63. The van der Waals surface area contributed by atoms with Crippen LogP contribution in [0.1, 0.15) is 38.8 Å².